The molecule has 0 unspecified atom stereocenters. The highest BCUT2D eigenvalue weighted by molar-refractivity contribution is 8.18. The molecule has 1 saturated heterocycles. The maximum atomic E-state index is 11.8. The predicted octanol–water partition coefficient (Wildman–Crippen LogP) is 4.23. The van der Waals surface area contributed by atoms with Gasteiger partial charge in [-0.15, -0.1) is 11.3 Å². The van der Waals surface area contributed by atoms with Gasteiger partial charge in [-0.25, -0.2) is 0 Å². The zero-order valence-electron chi connectivity index (χ0n) is 14.5. The number of nitrogens with zero attached hydrogens (tertiary/aromatic N) is 2. The Kier molecular flexibility index (Phi) is 4.25. The van der Waals surface area contributed by atoms with Crippen LogP contribution < -0.4 is 5.32 Å². The highest BCUT2D eigenvalue weighted by Gasteiger charge is 2.27. The fraction of sp³-hybridized carbons (Fsp3) is 0.316. The molecule has 1 fully saturated rings. The number of thioether (sulfide) groups is 1. The third-order valence-corrected chi connectivity index (χ3v) is 6.95. The van der Waals surface area contributed by atoms with E-state index in [0.29, 0.717) is 4.91 Å². The highest BCUT2D eigenvalue weighted by Crippen LogP contribution is 2.38. The van der Waals surface area contributed by atoms with Gasteiger partial charge >= 0.3 is 0 Å². The Bertz CT molecular complexity index is 1020. The molecule has 1 N–H and O–H groups in total. The summed E-state index contributed by atoms with van der Waals surface area (Å²) >= 11 is 2.63. The molecule has 2 amide bonds. The molecule has 2 aliphatic rings. The van der Waals surface area contributed by atoms with Crippen molar-refractivity contribution in [1.29, 1.82) is 5.26 Å². The second-order valence-corrected chi connectivity index (χ2v) is 8.62. The van der Waals surface area contributed by atoms with Crippen molar-refractivity contribution >= 4 is 40.3 Å². The SMILES string of the molecule is Cc1cc(/C=C2\SC(=O)NC2=O)c(C)n1-c1sc2c(c1C#N)CCCC2. The number of hydrogen-bond acceptors (Lipinski definition) is 5. The second-order valence-electron chi connectivity index (χ2n) is 6.52. The molecule has 7 heteroatoms. The van der Waals surface area contributed by atoms with Crippen LogP contribution in [0.3, 0.4) is 0 Å². The Balaban J connectivity index is 1.83. The van der Waals surface area contributed by atoms with Crippen molar-refractivity contribution in [2.45, 2.75) is 39.5 Å². The number of thiophene rings is 1. The van der Waals surface area contributed by atoms with Crippen molar-refractivity contribution in [3.63, 3.8) is 0 Å². The van der Waals surface area contributed by atoms with Crippen LogP contribution in [-0.2, 0) is 17.6 Å². The van der Waals surface area contributed by atoms with E-state index >= 15 is 0 Å². The van der Waals surface area contributed by atoms with Crippen molar-refractivity contribution in [3.05, 3.63) is 43.9 Å². The Labute approximate surface area is 159 Å². The van der Waals surface area contributed by atoms with Gasteiger partial charge in [-0.2, -0.15) is 5.26 Å². The van der Waals surface area contributed by atoms with Gasteiger partial charge in [0, 0.05) is 16.3 Å². The molecule has 5 nitrogen and oxygen atoms in total. The van der Waals surface area contributed by atoms with Gasteiger partial charge in [0.1, 0.15) is 11.1 Å². The van der Waals surface area contributed by atoms with E-state index in [1.54, 1.807) is 17.4 Å². The van der Waals surface area contributed by atoms with Crippen LogP contribution in [0.4, 0.5) is 4.79 Å². The minimum atomic E-state index is -0.353. The number of hydrogen-bond donors (Lipinski definition) is 1. The maximum absolute atomic E-state index is 11.8. The summed E-state index contributed by atoms with van der Waals surface area (Å²) in [6.07, 6.45) is 6.09. The Morgan fingerprint density at radius 1 is 1.27 bits per heavy atom. The van der Waals surface area contributed by atoms with Crippen molar-refractivity contribution in [2.24, 2.45) is 0 Å². The van der Waals surface area contributed by atoms with E-state index in [4.69, 9.17) is 0 Å². The van der Waals surface area contributed by atoms with Gasteiger partial charge in [0.2, 0.25) is 0 Å². The molecule has 2 aromatic heterocycles. The highest BCUT2D eigenvalue weighted by atomic mass is 32.2. The molecular formula is C19H17N3O2S2. The summed E-state index contributed by atoms with van der Waals surface area (Å²) in [5.74, 6) is -0.353. The van der Waals surface area contributed by atoms with Gasteiger partial charge in [-0.05, 0) is 74.6 Å². The molecule has 2 aromatic rings. The summed E-state index contributed by atoms with van der Waals surface area (Å²) in [5.41, 5.74) is 4.87. The van der Waals surface area contributed by atoms with Crippen LogP contribution in [-0.4, -0.2) is 15.7 Å². The number of aromatic nitrogens is 1. The van der Waals surface area contributed by atoms with E-state index in [1.165, 1.54) is 16.9 Å². The minimum absolute atomic E-state index is 0.340. The van der Waals surface area contributed by atoms with Crippen molar-refractivity contribution in [3.8, 4) is 11.1 Å². The minimum Gasteiger partial charge on any atom is -0.308 e. The van der Waals surface area contributed by atoms with Gasteiger partial charge in [0.05, 0.1) is 10.5 Å². The number of nitriles is 1. The van der Waals surface area contributed by atoms with Crippen molar-refractivity contribution in [1.82, 2.24) is 9.88 Å². The lowest BCUT2D eigenvalue weighted by Gasteiger charge is -2.10. The van der Waals surface area contributed by atoms with Crippen LogP contribution in [0, 0.1) is 25.2 Å². The summed E-state index contributed by atoms with van der Waals surface area (Å²) < 4.78 is 2.10. The molecule has 0 radical (unpaired) electrons. The molecular weight excluding hydrogens is 366 g/mol. The Hall–Kier alpha value is -2.30. The van der Waals surface area contributed by atoms with E-state index in [0.717, 1.165) is 58.5 Å². The number of imide groups is 1. The number of aryl methyl sites for hydroxylation is 2. The molecule has 132 valence electrons. The van der Waals surface area contributed by atoms with E-state index in [9.17, 15) is 14.9 Å². The molecule has 1 aliphatic heterocycles. The number of fused-ring (bicyclic) bond motifs is 1. The van der Waals surface area contributed by atoms with Gasteiger partial charge in [-0.3, -0.25) is 14.9 Å². The number of nitrogens with one attached hydrogen (secondary N) is 1. The Morgan fingerprint density at radius 3 is 2.73 bits per heavy atom. The van der Waals surface area contributed by atoms with E-state index in [2.05, 4.69) is 16.0 Å². The van der Waals surface area contributed by atoms with Crippen LogP contribution in [0.15, 0.2) is 11.0 Å². The lowest BCUT2D eigenvalue weighted by Crippen LogP contribution is -2.17. The smallest absolute Gasteiger partial charge is 0.290 e. The quantitative estimate of drug-likeness (QED) is 0.788. The lowest BCUT2D eigenvalue weighted by molar-refractivity contribution is -0.115. The van der Waals surface area contributed by atoms with Crippen LogP contribution in [0.5, 0.6) is 0 Å². The average Bonchev–Trinajstić information content (AvgIpc) is 3.21. The third-order valence-electron chi connectivity index (χ3n) is 4.87. The number of carbonyl (C=O) groups is 2. The Morgan fingerprint density at radius 2 is 2.04 bits per heavy atom. The largest absolute Gasteiger partial charge is 0.308 e. The molecule has 0 aromatic carbocycles. The van der Waals surface area contributed by atoms with Gasteiger partial charge in [0.15, 0.2) is 0 Å². The van der Waals surface area contributed by atoms with Crippen molar-refractivity contribution in [2.75, 3.05) is 0 Å². The van der Waals surface area contributed by atoms with E-state index in [-0.39, 0.29) is 11.1 Å². The predicted molar refractivity (Wildman–Crippen MR) is 104 cm³/mol. The van der Waals surface area contributed by atoms with Gasteiger partial charge < -0.3 is 4.57 Å². The zero-order valence-corrected chi connectivity index (χ0v) is 16.1. The molecule has 26 heavy (non-hydrogen) atoms. The number of carbonyl (C=O) groups excluding carboxylic acids is 2. The van der Waals surface area contributed by atoms with E-state index < -0.39 is 0 Å². The van der Waals surface area contributed by atoms with Gasteiger partial charge in [0.25, 0.3) is 11.1 Å². The standard InChI is InChI=1S/C19H17N3O2S2/c1-10-7-12(8-16-17(23)21-19(24)26-16)11(2)22(10)18-14(9-20)13-5-3-4-6-15(13)25-18/h7-8H,3-6H2,1-2H3,(H,21,23,24)/b16-8-. The summed E-state index contributed by atoms with van der Waals surface area (Å²) in [7, 11) is 0. The fourth-order valence-corrected chi connectivity index (χ4v) is 5.76. The van der Waals surface area contributed by atoms with Crippen molar-refractivity contribution < 1.29 is 9.59 Å². The van der Waals surface area contributed by atoms with Crippen LogP contribution in [0.2, 0.25) is 0 Å². The first-order valence-corrected chi connectivity index (χ1v) is 10.1. The molecule has 1 aliphatic carbocycles. The second kappa shape index (κ2) is 6.45. The molecule has 4 rings (SSSR count). The normalized spacial score (nSPS) is 18.1. The topological polar surface area (TPSA) is 74.9 Å². The van der Waals surface area contributed by atoms with Crippen LogP contribution >= 0.6 is 23.1 Å². The first-order valence-electron chi connectivity index (χ1n) is 8.48. The van der Waals surface area contributed by atoms with Gasteiger partial charge in [-0.1, -0.05) is 0 Å². The summed E-state index contributed by atoms with van der Waals surface area (Å²) in [5, 5.41) is 12.7. The van der Waals surface area contributed by atoms with Crippen LogP contribution in [0.25, 0.3) is 11.1 Å². The lowest BCUT2D eigenvalue weighted by atomic mass is 9.96. The average molecular weight is 383 g/mol. The van der Waals surface area contributed by atoms with Crippen LogP contribution in [0.1, 0.15) is 45.8 Å². The monoisotopic (exact) mass is 383 g/mol. The molecule has 3 heterocycles. The first kappa shape index (κ1) is 17.1. The maximum Gasteiger partial charge on any atom is 0.290 e. The molecule has 0 spiro atoms. The number of rotatable bonds is 2. The van der Waals surface area contributed by atoms with E-state index in [1.807, 2.05) is 19.9 Å². The third kappa shape index (κ3) is 2.70. The zero-order chi connectivity index (χ0) is 18.4. The first-order chi connectivity index (χ1) is 12.5. The molecule has 0 saturated carbocycles. The molecule has 0 bridgehead atoms. The summed E-state index contributed by atoms with van der Waals surface area (Å²) in [6, 6.07) is 4.41. The number of amides is 2. The summed E-state index contributed by atoms with van der Waals surface area (Å²) in [6.45, 7) is 3.99. The molecule has 0 atom stereocenters. The summed E-state index contributed by atoms with van der Waals surface area (Å²) in [4.78, 5) is 24.9. The fourth-order valence-electron chi connectivity index (χ4n) is 3.63.